The number of rotatable bonds is 8. The summed E-state index contributed by atoms with van der Waals surface area (Å²) in [6.07, 6.45) is 0.292. The molecule has 0 spiro atoms. The van der Waals surface area contributed by atoms with Gasteiger partial charge in [0.05, 0.1) is 6.61 Å². The van der Waals surface area contributed by atoms with Crippen LogP contribution in [0.3, 0.4) is 0 Å². The zero-order chi connectivity index (χ0) is 21.5. The van der Waals surface area contributed by atoms with E-state index >= 15 is 0 Å². The molecule has 0 heterocycles. The number of nitrogens with one attached hydrogen (secondary N) is 3. The van der Waals surface area contributed by atoms with Crippen molar-refractivity contribution in [3.8, 4) is 0 Å². The Labute approximate surface area is 174 Å². The number of carbonyl (C=O) groups excluding carboxylic acids is 3. The predicted octanol–water partition coefficient (Wildman–Crippen LogP) is 3.73. The van der Waals surface area contributed by atoms with E-state index in [0.29, 0.717) is 35.2 Å². The van der Waals surface area contributed by atoms with Gasteiger partial charge in [0.25, 0.3) is 5.91 Å². The van der Waals surface area contributed by atoms with E-state index in [-0.39, 0.29) is 24.3 Å². The highest BCUT2D eigenvalue weighted by Crippen LogP contribution is 2.38. The van der Waals surface area contributed by atoms with Gasteiger partial charge < -0.3 is 20.1 Å². The average Bonchev–Trinajstić information content (AvgIpc) is 3.45. The molecule has 158 valence electrons. The Bertz CT molecular complexity index is 930. The molecule has 1 aliphatic rings. The molecule has 0 aliphatic heterocycles. The summed E-state index contributed by atoms with van der Waals surface area (Å²) in [5, 5.41) is 8.23. The van der Waals surface area contributed by atoms with Crippen molar-refractivity contribution in [2.75, 3.05) is 36.3 Å². The third kappa shape index (κ3) is 6.05. The van der Waals surface area contributed by atoms with E-state index in [1.165, 1.54) is 7.11 Å². The Morgan fingerprint density at radius 3 is 2.23 bits per heavy atom. The molecule has 3 rings (SSSR count). The zero-order valence-corrected chi connectivity index (χ0v) is 16.9. The van der Waals surface area contributed by atoms with Crippen LogP contribution >= 0.6 is 0 Å². The van der Waals surface area contributed by atoms with E-state index in [4.69, 9.17) is 9.47 Å². The Balaban J connectivity index is 1.58. The molecule has 2 aromatic carbocycles. The zero-order valence-electron chi connectivity index (χ0n) is 16.9. The maximum absolute atomic E-state index is 12.6. The van der Waals surface area contributed by atoms with E-state index in [2.05, 4.69) is 16.0 Å². The first-order chi connectivity index (χ1) is 14.5. The summed E-state index contributed by atoms with van der Waals surface area (Å²) < 4.78 is 9.77. The third-order valence-corrected chi connectivity index (χ3v) is 4.73. The smallest absolute Gasteiger partial charge is 0.411 e. The molecule has 30 heavy (non-hydrogen) atoms. The predicted molar refractivity (Wildman–Crippen MR) is 114 cm³/mol. The highest BCUT2D eigenvalue weighted by Gasteiger charge is 2.39. The van der Waals surface area contributed by atoms with Crippen molar-refractivity contribution >= 4 is 35.0 Å². The molecule has 1 fully saturated rings. The Morgan fingerprint density at radius 1 is 0.933 bits per heavy atom. The summed E-state index contributed by atoms with van der Waals surface area (Å²) in [5.41, 5.74) is 1.99. The second kappa shape index (κ2) is 9.89. The molecule has 1 aliphatic carbocycles. The molecule has 0 saturated heterocycles. The van der Waals surface area contributed by atoms with E-state index in [9.17, 15) is 14.4 Å². The molecule has 3 amide bonds. The summed E-state index contributed by atoms with van der Waals surface area (Å²) in [6, 6.07) is 13.5. The monoisotopic (exact) mass is 411 g/mol. The van der Waals surface area contributed by atoms with Gasteiger partial charge in [0.15, 0.2) is 0 Å². The van der Waals surface area contributed by atoms with Crippen LogP contribution in [-0.2, 0) is 14.3 Å². The van der Waals surface area contributed by atoms with Gasteiger partial charge in [0.2, 0.25) is 5.91 Å². The van der Waals surface area contributed by atoms with Gasteiger partial charge in [-0.15, -0.1) is 0 Å². The van der Waals surface area contributed by atoms with Crippen molar-refractivity contribution in [3.05, 3.63) is 54.1 Å². The molecule has 2 unspecified atom stereocenters. The molecular formula is C22H25N3O5. The first kappa shape index (κ1) is 21.3. The second-order valence-corrected chi connectivity index (χ2v) is 7.18. The summed E-state index contributed by atoms with van der Waals surface area (Å²) in [6.45, 7) is 2.49. The Hall–Kier alpha value is -3.39. The van der Waals surface area contributed by atoms with Crippen LogP contribution < -0.4 is 16.0 Å². The van der Waals surface area contributed by atoms with Gasteiger partial charge in [-0.05, 0) is 48.7 Å². The number of anilines is 3. The number of hydrogen-bond donors (Lipinski definition) is 3. The van der Waals surface area contributed by atoms with Gasteiger partial charge in [0, 0.05) is 35.7 Å². The van der Waals surface area contributed by atoms with Gasteiger partial charge in [-0.25, -0.2) is 4.79 Å². The van der Waals surface area contributed by atoms with E-state index < -0.39 is 6.09 Å². The Morgan fingerprint density at radius 2 is 1.57 bits per heavy atom. The van der Waals surface area contributed by atoms with Crippen LogP contribution in [0.1, 0.15) is 23.7 Å². The molecular weight excluding hydrogens is 386 g/mol. The SMILES string of the molecule is COCCOC(=O)Nc1cccc(NC(=O)c2cccc(NC(=O)C3CC3C)c2)c1. The van der Waals surface area contributed by atoms with E-state index in [0.717, 1.165) is 6.42 Å². The number of carbonyl (C=O) groups is 3. The van der Waals surface area contributed by atoms with Crippen molar-refractivity contribution in [2.45, 2.75) is 13.3 Å². The van der Waals surface area contributed by atoms with Gasteiger partial charge >= 0.3 is 6.09 Å². The number of amides is 3. The van der Waals surface area contributed by atoms with Crippen molar-refractivity contribution in [2.24, 2.45) is 11.8 Å². The van der Waals surface area contributed by atoms with E-state index in [1.54, 1.807) is 48.5 Å². The number of benzene rings is 2. The van der Waals surface area contributed by atoms with E-state index in [1.807, 2.05) is 6.92 Å². The lowest BCUT2D eigenvalue weighted by Crippen LogP contribution is -2.17. The van der Waals surface area contributed by atoms with Gasteiger partial charge in [-0.3, -0.25) is 14.9 Å². The van der Waals surface area contributed by atoms with Crippen molar-refractivity contribution in [1.29, 1.82) is 0 Å². The molecule has 8 nitrogen and oxygen atoms in total. The lowest BCUT2D eigenvalue weighted by atomic mass is 10.1. The van der Waals surface area contributed by atoms with Crippen LogP contribution in [0.5, 0.6) is 0 Å². The van der Waals surface area contributed by atoms with Crippen LogP contribution in [0.25, 0.3) is 0 Å². The van der Waals surface area contributed by atoms with Crippen molar-refractivity contribution in [1.82, 2.24) is 0 Å². The standard InChI is InChI=1S/C22H25N3O5/c1-14-11-19(14)21(27)24-16-6-3-5-15(12-16)20(26)23-17-7-4-8-18(13-17)25-22(28)30-10-9-29-2/h3-8,12-14,19H,9-11H2,1-2H3,(H,23,26)(H,24,27)(H,25,28). The van der Waals surface area contributed by atoms with Gasteiger partial charge in [-0.1, -0.05) is 19.1 Å². The molecule has 8 heteroatoms. The van der Waals surface area contributed by atoms with Gasteiger partial charge in [-0.2, -0.15) is 0 Å². The number of ether oxygens (including phenoxy) is 2. The minimum atomic E-state index is -0.607. The fraction of sp³-hybridized carbons (Fsp3) is 0.318. The van der Waals surface area contributed by atoms with Crippen LogP contribution in [0.15, 0.2) is 48.5 Å². The lowest BCUT2D eigenvalue weighted by molar-refractivity contribution is -0.117. The molecule has 0 bridgehead atoms. The minimum absolute atomic E-state index is 0.0174. The lowest BCUT2D eigenvalue weighted by Gasteiger charge is -2.10. The van der Waals surface area contributed by atoms with Crippen LogP contribution in [0.2, 0.25) is 0 Å². The molecule has 0 radical (unpaired) electrons. The summed E-state index contributed by atoms with van der Waals surface area (Å²) >= 11 is 0. The van der Waals surface area contributed by atoms with Crippen LogP contribution in [-0.4, -0.2) is 38.2 Å². The molecule has 0 aromatic heterocycles. The van der Waals surface area contributed by atoms with Crippen molar-refractivity contribution < 1.29 is 23.9 Å². The quantitative estimate of drug-likeness (QED) is 0.574. The second-order valence-electron chi connectivity index (χ2n) is 7.18. The summed E-state index contributed by atoms with van der Waals surface area (Å²) in [4.78, 5) is 36.4. The number of hydrogen-bond acceptors (Lipinski definition) is 5. The third-order valence-electron chi connectivity index (χ3n) is 4.73. The van der Waals surface area contributed by atoms with Gasteiger partial charge in [0.1, 0.15) is 6.61 Å². The maximum Gasteiger partial charge on any atom is 0.411 e. The number of methoxy groups -OCH3 is 1. The largest absolute Gasteiger partial charge is 0.447 e. The average molecular weight is 411 g/mol. The first-order valence-electron chi connectivity index (χ1n) is 9.71. The maximum atomic E-state index is 12.6. The van der Waals surface area contributed by atoms with Crippen LogP contribution in [0.4, 0.5) is 21.9 Å². The topological polar surface area (TPSA) is 106 Å². The van der Waals surface area contributed by atoms with Crippen molar-refractivity contribution in [3.63, 3.8) is 0 Å². The fourth-order valence-corrected chi connectivity index (χ4v) is 2.91. The molecule has 1 saturated carbocycles. The summed E-state index contributed by atoms with van der Waals surface area (Å²) in [5.74, 6) is 0.121. The highest BCUT2D eigenvalue weighted by molar-refractivity contribution is 6.05. The molecule has 2 atom stereocenters. The Kier molecular flexibility index (Phi) is 7.03. The van der Waals surface area contributed by atoms with Crippen LogP contribution in [0, 0.1) is 11.8 Å². The fourth-order valence-electron chi connectivity index (χ4n) is 2.91. The first-order valence-corrected chi connectivity index (χ1v) is 9.71. The molecule has 3 N–H and O–H groups in total. The highest BCUT2D eigenvalue weighted by atomic mass is 16.6. The minimum Gasteiger partial charge on any atom is -0.447 e. The molecule has 2 aromatic rings. The normalized spacial score (nSPS) is 17.0. The summed E-state index contributed by atoms with van der Waals surface area (Å²) in [7, 11) is 1.52.